The number of benzene rings is 1. The minimum absolute atomic E-state index is 0.229. The van der Waals surface area contributed by atoms with Crippen molar-refractivity contribution in [2.24, 2.45) is 0 Å². The Labute approximate surface area is 155 Å². The van der Waals surface area contributed by atoms with Gasteiger partial charge in [-0.1, -0.05) is 30.3 Å². The van der Waals surface area contributed by atoms with Crippen LogP contribution in [-0.4, -0.2) is 47.5 Å². The second-order valence-corrected chi connectivity index (χ2v) is 7.30. The number of aromatic nitrogens is 1. The van der Waals surface area contributed by atoms with Crippen molar-refractivity contribution in [1.29, 1.82) is 0 Å². The van der Waals surface area contributed by atoms with E-state index in [-0.39, 0.29) is 5.91 Å². The van der Waals surface area contributed by atoms with Gasteiger partial charge in [-0.3, -0.25) is 14.7 Å². The summed E-state index contributed by atoms with van der Waals surface area (Å²) in [5, 5.41) is 3.41. The van der Waals surface area contributed by atoms with Gasteiger partial charge in [0.15, 0.2) is 0 Å². The number of hydrogen-bond donors (Lipinski definition) is 1. The molecule has 2 saturated heterocycles. The maximum atomic E-state index is 13.6. The zero-order valence-corrected chi connectivity index (χ0v) is 15.3. The highest BCUT2D eigenvalue weighted by atomic mass is 16.2. The molecule has 1 N–H and O–H groups in total. The van der Waals surface area contributed by atoms with Crippen molar-refractivity contribution in [3.63, 3.8) is 0 Å². The first-order valence-corrected chi connectivity index (χ1v) is 9.43. The number of pyridine rings is 1. The van der Waals surface area contributed by atoms with Crippen LogP contribution >= 0.6 is 0 Å². The standard InChI is InChI=1S/C21H26N4O/c1-17-7-8-19(15-23-17)25-14-13-24(16-18-5-3-2-4-6-18)21(20(25)26)9-11-22-12-10-21/h2-8,15,22H,9-14,16H2,1H3. The van der Waals surface area contributed by atoms with E-state index >= 15 is 0 Å². The minimum atomic E-state index is -0.412. The van der Waals surface area contributed by atoms with Gasteiger partial charge in [-0.2, -0.15) is 0 Å². The van der Waals surface area contributed by atoms with Gasteiger partial charge in [-0.15, -0.1) is 0 Å². The summed E-state index contributed by atoms with van der Waals surface area (Å²) in [4.78, 5) is 22.4. The highest BCUT2D eigenvalue weighted by Gasteiger charge is 2.49. The number of anilines is 1. The number of carbonyl (C=O) groups excluding carboxylic acids is 1. The Kier molecular flexibility index (Phi) is 4.74. The van der Waals surface area contributed by atoms with Crippen molar-refractivity contribution >= 4 is 11.6 Å². The van der Waals surface area contributed by atoms with Crippen LogP contribution in [0.15, 0.2) is 48.7 Å². The van der Waals surface area contributed by atoms with Crippen LogP contribution in [0.2, 0.25) is 0 Å². The lowest BCUT2D eigenvalue weighted by Crippen LogP contribution is -2.68. The lowest BCUT2D eigenvalue weighted by atomic mass is 9.82. The molecule has 0 atom stereocenters. The van der Waals surface area contributed by atoms with E-state index in [0.29, 0.717) is 6.54 Å². The Balaban J connectivity index is 1.63. The van der Waals surface area contributed by atoms with Crippen molar-refractivity contribution in [3.05, 3.63) is 59.9 Å². The van der Waals surface area contributed by atoms with E-state index < -0.39 is 5.54 Å². The number of rotatable bonds is 3. The summed E-state index contributed by atoms with van der Waals surface area (Å²) in [7, 11) is 0. The Bertz CT molecular complexity index is 753. The van der Waals surface area contributed by atoms with Gasteiger partial charge in [0.2, 0.25) is 5.91 Å². The predicted octanol–water partition coefficient (Wildman–Crippen LogP) is 2.36. The number of amides is 1. The van der Waals surface area contributed by atoms with Gasteiger partial charge in [0.05, 0.1) is 11.9 Å². The summed E-state index contributed by atoms with van der Waals surface area (Å²) in [5.41, 5.74) is 2.74. The molecule has 1 aromatic heterocycles. The van der Waals surface area contributed by atoms with Crippen molar-refractivity contribution in [2.45, 2.75) is 31.8 Å². The normalized spacial score (nSPS) is 20.5. The third-order valence-corrected chi connectivity index (χ3v) is 5.70. The molecule has 2 aliphatic heterocycles. The Morgan fingerprint density at radius 3 is 2.54 bits per heavy atom. The van der Waals surface area contributed by atoms with Crippen molar-refractivity contribution < 1.29 is 4.79 Å². The van der Waals surface area contributed by atoms with Crippen LogP contribution < -0.4 is 10.2 Å². The van der Waals surface area contributed by atoms with Crippen LogP contribution in [-0.2, 0) is 11.3 Å². The zero-order chi connectivity index (χ0) is 18.0. The van der Waals surface area contributed by atoms with Crippen LogP contribution in [0, 0.1) is 6.92 Å². The van der Waals surface area contributed by atoms with Crippen LogP contribution in [0.1, 0.15) is 24.1 Å². The molecule has 136 valence electrons. The highest BCUT2D eigenvalue weighted by Crippen LogP contribution is 2.35. The smallest absolute Gasteiger partial charge is 0.247 e. The van der Waals surface area contributed by atoms with E-state index in [1.165, 1.54) is 5.56 Å². The molecule has 2 aromatic rings. The SMILES string of the molecule is Cc1ccc(N2CCN(Cc3ccccc3)C3(CCNCC3)C2=O)cn1. The first-order valence-electron chi connectivity index (χ1n) is 9.43. The van der Waals surface area contributed by atoms with Gasteiger partial charge >= 0.3 is 0 Å². The van der Waals surface area contributed by atoms with Gasteiger partial charge in [0.25, 0.3) is 0 Å². The van der Waals surface area contributed by atoms with Gasteiger partial charge in [0.1, 0.15) is 5.54 Å². The van der Waals surface area contributed by atoms with E-state index in [2.05, 4.69) is 39.5 Å². The lowest BCUT2D eigenvalue weighted by molar-refractivity contribution is -0.136. The number of hydrogen-bond acceptors (Lipinski definition) is 4. The summed E-state index contributed by atoms with van der Waals surface area (Å²) in [6.07, 6.45) is 3.54. The fourth-order valence-electron chi connectivity index (χ4n) is 4.19. The Hall–Kier alpha value is -2.24. The molecule has 1 amide bonds. The van der Waals surface area contributed by atoms with Crippen molar-refractivity contribution in [1.82, 2.24) is 15.2 Å². The molecule has 2 aliphatic rings. The first kappa shape index (κ1) is 17.2. The minimum Gasteiger partial charge on any atom is -0.317 e. The number of piperazine rings is 1. The second kappa shape index (κ2) is 7.17. The van der Waals surface area contributed by atoms with Crippen molar-refractivity contribution in [3.8, 4) is 0 Å². The van der Waals surface area contributed by atoms with Crippen molar-refractivity contribution in [2.75, 3.05) is 31.1 Å². The molecule has 4 rings (SSSR count). The molecule has 1 spiro atoms. The van der Waals surface area contributed by atoms with Gasteiger partial charge < -0.3 is 10.2 Å². The van der Waals surface area contributed by atoms with Crippen LogP contribution in [0.3, 0.4) is 0 Å². The average molecular weight is 350 g/mol. The number of aryl methyl sites for hydroxylation is 1. The number of carbonyl (C=O) groups is 1. The molecule has 0 bridgehead atoms. The molecule has 0 saturated carbocycles. The number of nitrogens with one attached hydrogen (secondary N) is 1. The van der Waals surface area contributed by atoms with E-state index in [1.54, 1.807) is 0 Å². The number of piperidine rings is 1. The average Bonchev–Trinajstić information content (AvgIpc) is 2.69. The molecule has 5 nitrogen and oxygen atoms in total. The first-order chi connectivity index (χ1) is 12.7. The summed E-state index contributed by atoms with van der Waals surface area (Å²) in [6, 6.07) is 14.5. The second-order valence-electron chi connectivity index (χ2n) is 7.30. The third-order valence-electron chi connectivity index (χ3n) is 5.70. The van der Waals surface area contributed by atoms with Gasteiger partial charge in [-0.05, 0) is 50.6 Å². The summed E-state index contributed by atoms with van der Waals surface area (Å²) >= 11 is 0. The van der Waals surface area contributed by atoms with Crippen LogP contribution in [0.5, 0.6) is 0 Å². The van der Waals surface area contributed by atoms with Gasteiger partial charge in [-0.25, -0.2) is 0 Å². The zero-order valence-electron chi connectivity index (χ0n) is 15.3. The molecule has 0 unspecified atom stereocenters. The molecule has 26 heavy (non-hydrogen) atoms. The lowest BCUT2D eigenvalue weighted by Gasteiger charge is -2.51. The Morgan fingerprint density at radius 1 is 1.08 bits per heavy atom. The maximum absolute atomic E-state index is 13.6. The molecule has 3 heterocycles. The summed E-state index contributed by atoms with van der Waals surface area (Å²) in [5.74, 6) is 0.229. The number of nitrogens with zero attached hydrogens (tertiary/aromatic N) is 3. The maximum Gasteiger partial charge on any atom is 0.247 e. The van der Waals surface area contributed by atoms with Crippen LogP contribution in [0.4, 0.5) is 5.69 Å². The molecule has 0 aliphatic carbocycles. The fraction of sp³-hybridized carbons (Fsp3) is 0.429. The van der Waals surface area contributed by atoms with E-state index in [1.807, 2.05) is 36.2 Å². The highest BCUT2D eigenvalue weighted by molar-refractivity contribution is 6.01. The fourth-order valence-corrected chi connectivity index (χ4v) is 4.19. The summed E-state index contributed by atoms with van der Waals surface area (Å²) < 4.78 is 0. The molecule has 2 fully saturated rings. The molecular weight excluding hydrogens is 324 g/mol. The van der Waals surface area contributed by atoms with Gasteiger partial charge in [0, 0.05) is 25.3 Å². The molecule has 5 heteroatoms. The molecular formula is C21H26N4O. The van der Waals surface area contributed by atoms with E-state index in [4.69, 9.17) is 0 Å². The predicted molar refractivity (Wildman–Crippen MR) is 103 cm³/mol. The Morgan fingerprint density at radius 2 is 1.85 bits per heavy atom. The van der Waals surface area contributed by atoms with Crippen LogP contribution in [0.25, 0.3) is 0 Å². The monoisotopic (exact) mass is 350 g/mol. The topological polar surface area (TPSA) is 48.5 Å². The third kappa shape index (κ3) is 3.13. The molecule has 0 radical (unpaired) electrons. The molecule has 1 aromatic carbocycles. The summed E-state index contributed by atoms with van der Waals surface area (Å²) in [6.45, 7) is 6.17. The quantitative estimate of drug-likeness (QED) is 0.923. The van der Waals surface area contributed by atoms with E-state index in [0.717, 1.165) is 50.4 Å². The van der Waals surface area contributed by atoms with E-state index in [9.17, 15) is 4.79 Å². The largest absolute Gasteiger partial charge is 0.317 e.